The zero-order valence-electron chi connectivity index (χ0n) is 12.4. The minimum absolute atomic E-state index is 0.0327. The number of rotatable bonds is 6. The molecule has 1 unspecified atom stereocenters. The van der Waals surface area contributed by atoms with Gasteiger partial charge in [0.25, 0.3) is 0 Å². The second kappa shape index (κ2) is 6.01. The Kier molecular flexibility index (Phi) is 4.51. The van der Waals surface area contributed by atoms with Gasteiger partial charge >= 0.3 is 5.69 Å². The highest BCUT2D eigenvalue weighted by Crippen LogP contribution is 2.09. The molecule has 0 aromatic carbocycles. The molecular weight excluding hydrogens is 292 g/mol. The van der Waals surface area contributed by atoms with E-state index in [0.717, 1.165) is 10.7 Å². The summed E-state index contributed by atoms with van der Waals surface area (Å²) >= 11 is 0. The first-order valence-corrected chi connectivity index (χ1v) is 10.3. The van der Waals surface area contributed by atoms with Gasteiger partial charge in [0.05, 0.1) is 0 Å². The lowest BCUT2D eigenvalue weighted by atomic mass is 10.4. The van der Waals surface area contributed by atoms with Crippen molar-refractivity contribution in [1.29, 1.82) is 0 Å². The fourth-order valence-corrected chi connectivity index (χ4v) is 2.43. The van der Waals surface area contributed by atoms with Gasteiger partial charge in [-0.25, -0.2) is 14.2 Å². The maximum atomic E-state index is 12.1. The van der Waals surface area contributed by atoms with Gasteiger partial charge in [-0.05, 0) is 6.04 Å². The van der Waals surface area contributed by atoms with E-state index in [4.69, 9.17) is 10.5 Å². The van der Waals surface area contributed by atoms with Gasteiger partial charge in [-0.3, -0.25) is 0 Å². The SMILES string of the molecule is C[Si](C)(C)CCOCn1nnc2c(C(N)O)ncn2c1=O. The van der Waals surface area contributed by atoms with Crippen molar-refractivity contribution in [2.75, 3.05) is 6.61 Å². The molecule has 0 amide bonds. The molecule has 2 aromatic heterocycles. The van der Waals surface area contributed by atoms with Crippen LogP contribution in [0.5, 0.6) is 0 Å². The third-order valence-electron chi connectivity index (χ3n) is 2.93. The van der Waals surface area contributed by atoms with Crippen molar-refractivity contribution < 1.29 is 9.84 Å². The molecule has 116 valence electrons. The van der Waals surface area contributed by atoms with Gasteiger partial charge in [0.2, 0.25) is 0 Å². The van der Waals surface area contributed by atoms with E-state index in [1.807, 2.05) is 0 Å². The summed E-state index contributed by atoms with van der Waals surface area (Å²) in [6, 6.07) is 1.01. The van der Waals surface area contributed by atoms with Crippen LogP contribution in [0.4, 0.5) is 0 Å². The Morgan fingerprint density at radius 2 is 2.19 bits per heavy atom. The Bertz CT molecular complexity index is 675. The molecule has 0 aliphatic rings. The zero-order chi connectivity index (χ0) is 15.6. The summed E-state index contributed by atoms with van der Waals surface area (Å²) in [7, 11) is -1.17. The Morgan fingerprint density at radius 3 is 2.81 bits per heavy atom. The maximum absolute atomic E-state index is 12.1. The molecular formula is C11H20N6O3Si. The van der Waals surface area contributed by atoms with Crippen LogP contribution >= 0.6 is 0 Å². The summed E-state index contributed by atoms with van der Waals surface area (Å²) in [6.07, 6.45) is -0.0383. The van der Waals surface area contributed by atoms with Crippen molar-refractivity contribution in [3.63, 3.8) is 0 Å². The first-order chi connectivity index (χ1) is 9.79. The van der Waals surface area contributed by atoms with E-state index in [-0.39, 0.29) is 18.1 Å². The second-order valence-corrected chi connectivity index (χ2v) is 11.6. The predicted octanol–water partition coefficient (Wildman–Crippen LogP) is -0.452. The van der Waals surface area contributed by atoms with E-state index >= 15 is 0 Å². The average molecular weight is 312 g/mol. The maximum Gasteiger partial charge on any atom is 0.355 e. The van der Waals surface area contributed by atoms with Crippen molar-refractivity contribution in [2.24, 2.45) is 5.73 Å². The number of aromatic nitrogens is 5. The minimum atomic E-state index is -1.30. The molecule has 0 fully saturated rings. The van der Waals surface area contributed by atoms with Crippen molar-refractivity contribution >= 4 is 13.7 Å². The summed E-state index contributed by atoms with van der Waals surface area (Å²) < 4.78 is 7.75. The molecule has 0 spiro atoms. The van der Waals surface area contributed by atoms with Crippen LogP contribution in [0.1, 0.15) is 11.9 Å². The standard InChI is InChI=1S/C11H20N6O3Si/c1-21(2,3)5-4-20-7-17-11(19)16-6-13-8(9(12)18)10(16)14-15-17/h6,9,18H,4-5,7,12H2,1-3H3. The summed E-state index contributed by atoms with van der Waals surface area (Å²) in [4.78, 5) is 16.0. The number of imidazole rings is 1. The first kappa shape index (κ1) is 15.8. The van der Waals surface area contributed by atoms with Gasteiger partial charge in [0.1, 0.15) is 25.0 Å². The van der Waals surface area contributed by atoms with E-state index < -0.39 is 20.0 Å². The van der Waals surface area contributed by atoms with E-state index in [2.05, 4.69) is 34.9 Å². The summed E-state index contributed by atoms with van der Waals surface area (Å²) in [5.41, 5.74) is 5.16. The third kappa shape index (κ3) is 3.72. The molecule has 0 saturated carbocycles. The molecule has 2 aromatic rings. The van der Waals surface area contributed by atoms with Crippen LogP contribution in [0, 0.1) is 0 Å². The monoisotopic (exact) mass is 312 g/mol. The molecule has 2 rings (SSSR count). The highest BCUT2D eigenvalue weighted by atomic mass is 28.3. The molecule has 0 saturated heterocycles. The Balaban J connectivity index is 2.12. The number of ether oxygens (including phenoxy) is 1. The molecule has 10 heteroatoms. The van der Waals surface area contributed by atoms with Crippen LogP contribution in [0.3, 0.4) is 0 Å². The highest BCUT2D eigenvalue weighted by molar-refractivity contribution is 6.76. The van der Waals surface area contributed by atoms with Crippen LogP contribution in [0.25, 0.3) is 5.65 Å². The zero-order valence-corrected chi connectivity index (χ0v) is 13.4. The Morgan fingerprint density at radius 1 is 1.48 bits per heavy atom. The van der Waals surface area contributed by atoms with Gasteiger partial charge in [0, 0.05) is 14.7 Å². The van der Waals surface area contributed by atoms with Crippen LogP contribution in [0.15, 0.2) is 11.1 Å². The van der Waals surface area contributed by atoms with E-state index in [0.29, 0.717) is 6.61 Å². The van der Waals surface area contributed by atoms with E-state index in [9.17, 15) is 9.90 Å². The molecule has 21 heavy (non-hydrogen) atoms. The van der Waals surface area contributed by atoms with Crippen molar-refractivity contribution in [3.8, 4) is 0 Å². The molecule has 0 aliphatic heterocycles. The summed E-state index contributed by atoms with van der Waals surface area (Å²) in [5, 5.41) is 16.9. The number of aliphatic hydroxyl groups excluding tert-OH is 1. The fourth-order valence-electron chi connectivity index (χ4n) is 1.67. The van der Waals surface area contributed by atoms with Crippen LogP contribution in [-0.4, -0.2) is 44.2 Å². The summed E-state index contributed by atoms with van der Waals surface area (Å²) in [6.45, 7) is 7.36. The van der Waals surface area contributed by atoms with E-state index in [1.54, 1.807) is 0 Å². The smallest absolute Gasteiger partial charge is 0.355 e. The lowest BCUT2D eigenvalue weighted by Gasteiger charge is -2.15. The molecule has 0 bridgehead atoms. The molecule has 9 nitrogen and oxygen atoms in total. The van der Waals surface area contributed by atoms with Crippen molar-refractivity contribution in [2.45, 2.75) is 38.6 Å². The van der Waals surface area contributed by atoms with Gasteiger partial charge in [-0.15, -0.1) is 5.10 Å². The number of hydrogen-bond donors (Lipinski definition) is 2. The predicted molar refractivity (Wildman–Crippen MR) is 78.3 cm³/mol. The highest BCUT2D eigenvalue weighted by Gasteiger charge is 2.16. The van der Waals surface area contributed by atoms with Gasteiger partial charge in [-0.2, -0.15) is 4.68 Å². The number of nitrogens with two attached hydrogens (primary N) is 1. The largest absolute Gasteiger partial charge is 0.373 e. The van der Waals surface area contributed by atoms with Crippen LogP contribution in [-0.2, 0) is 11.5 Å². The quantitative estimate of drug-likeness (QED) is 0.421. The van der Waals surface area contributed by atoms with E-state index in [1.165, 1.54) is 10.7 Å². The van der Waals surface area contributed by atoms with Crippen LogP contribution in [0.2, 0.25) is 25.7 Å². The minimum Gasteiger partial charge on any atom is -0.373 e. The first-order valence-electron chi connectivity index (χ1n) is 6.62. The van der Waals surface area contributed by atoms with Crippen LogP contribution < -0.4 is 11.4 Å². The van der Waals surface area contributed by atoms with Gasteiger partial charge in [-0.1, -0.05) is 24.9 Å². The third-order valence-corrected chi connectivity index (χ3v) is 4.64. The second-order valence-electron chi connectivity index (χ2n) is 5.99. The fraction of sp³-hybridized carbons (Fsp3) is 0.636. The molecule has 3 N–H and O–H groups in total. The van der Waals surface area contributed by atoms with Gasteiger partial charge < -0.3 is 15.6 Å². The molecule has 2 heterocycles. The number of hydrogen-bond acceptors (Lipinski definition) is 7. The van der Waals surface area contributed by atoms with Gasteiger partial charge in [0.15, 0.2) is 5.65 Å². The number of fused-ring (bicyclic) bond motifs is 1. The number of nitrogens with zero attached hydrogens (tertiary/aromatic N) is 5. The lowest BCUT2D eigenvalue weighted by Crippen LogP contribution is -2.31. The van der Waals surface area contributed by atoms with Crippen molar-refractivity contribution in [3.05, 3.63) is 22.5 Å². The average Bonchev–Trinajstić information content (AvgIpc) is 2.80. The lowest BCUT2D eigenvalue weighted by molar-refractivity contribution is 0.0711. The van der Waals surface area contributed by atoms with Crippen molar-refractivity contribution in [1.82, 2.24) is 24.4 Å². The normalized spacial score (nSPS) is 13.8. The Labute approximate surface area is 122 Å². The number of aliphatic hydroxyl groups is 1. The molecule has 1 atom stereocenters. The molecule has 0 radical (unpaired) electrons. The topological polar surface area (TPSA) is 121 Å². The Hall–Kier alpha value is -1.62. The molecule has 0 aliphatic carbocycles. The summed E-state index contributed by atoms with van der Waals surface area (Å²) in [5.74, 6) is 0.